The molecule has 0 saturated heterocycles. The average Bonchev–Trinajstić information content (AvgIpc) is 2.75. The first-order valence-corrected chi connectivity index (χ1v) is 8.14. The Bertz CT molecular complexity index is 974. The van der Waals surface area contributed by atoms with Crippen LogP contribution < -0.4 is 0 Å². The Balaban J connectivity index is 2.22. The molecule has 0 amide bonds. The monoisotopic (exact) mass is 408 g/mol. The van der Waals surface area contributed by atoms with Gasteiger partial charge in [0.25, 0.3) is 0 Å². The fourth-order valence-corrected chi connectivity index (χ4v) is 2.21. The molecule has 30 heavy (non-hydrogen) atoms. The van der Waals surface area contributed by atoms with Gasteiger partial charge in [-0.2, -0.15) is 10.5 Å². The Morgan fingerprint density at radius 2 is 0.967 bits per heavy atom. The number of carboxylic acids is 2. The van der Waals surface area contributed by atoms with Crippen LogP contribution in [0.2, 0.25) is 0 Å². The molecule has 0 spiro atoms. The molecule has 2 N–H and O–H groups in total. The van der Waals surface area contributed by atoms with E-state index in [4.69, 9.17) is 20.0 Å². The van der Waals surface area contributed by atoms with E-state index in [0.29, 0.717) is 0 Å². The SMILES string of the molecule is N#Cc1ccc(C(=O)O[C@@H](C(=O)O)[C@@H](OC(=O)c2ccc(C#N)cc2)C(=O)O)cc1. The molecule has 0 bridgehead atoms. The first-order chi connectivity index (χ1) is 14.3. The summed E-state index contributed by atoms with van der Waals surface area (Å²) in [5.41, 5.74) is 0.202. The molecule has 150 valence electrons. The number of carbonyl (C=O) groups excluding carboxylic acids is 2. The molecular formula is C20H12N2O8. The van der Waals surface area contributed by atoms with Gasteiger partial charge in [0.05, 0.1) is 34.4 Å². The summed E-state index contributed by atoms with van der Waals surface area (Å²) in [6.07, 6.45) is -4.68. The third-order valence-electron chi connectivity index (χ3n) is 3.73. The highest BCUT2D eigenvalue weighted by Gasteiger charge is 2.41. The van der Waals surface area contributed by atoms with Crippen molar-refractivity contribution in [3.8, 4) is 12.1 Å². The Morgan fingerprint density at radius 1 is 0.667 bits per heavy atom. The predicted octanol–water partition coefficient (Wildman–Crippen LogP) is 1.35. The molecule has 0 aromatic heterocycles. The van der Waals surface area contributed by atoms with Gasteiger partial charge in [-0.25, -0.2) is 19.2 Å². The van der Waals surface area contributed by atoms with Crippen molar-refractivity contribution in [3.05, 3.63) is 70.8 Å². The number of hydrogen-bond donors (Lipinski definition) is 2. The van der Waals surface area contributed by atoms with E-state index in [1.165, 1.54) is 48.5 Å². The lowest BCUT2D eigenvalue weighted by Crippen LogP contribution is -2.45. The molecule has 0 saturated carbocycles. The molecular weight excluding hydrogens is 396 g/mol. The number of rotatable bonds is 7. The second-order valence-corrected chi connectivity index (χ2v) is 5.71. The zero-order valence-corrected chi connectivity index (χ0v) is 15.0. The summed E-state index contributed by atoms with van der Waals surface area (Å²) < 4.78 is 9.49. The van der Waals surface area contributed by atoms with Crippen molar-refractivity contribution >= 4 is 23.9 Å². The second kappa shape index (κ2) is 9.48. The van der Waals surface area contributed by atoms with E-state index in [1.54, 1.807) is 0 Å². The van der Waals surface area contributed by atoms with Crippen LogP contribution in [0.3, 0.4) is 0 Å². The van der Waals surface area contributed by atoms with Crippen LogP contribution in [0.5, 0.6) is 0 Å². The van der Waals surface area contributed by atoms with E-state index in [-0.39, 0.29) is 22.3 Å². The molecule has 0 aliphatic rings. The Labute approximate surface area is 169 Å². The Kier molecular flexibility index (Phi) is 6.83. The maximum Gasteiger partial charge on any atom is 0.349 e. The number of nitrogens with zero attached hydrogens (tertiary/aromatic N) is 2. The van der Waals surface area contributed by atoms with Crippen LogP contribution in [0, 0.1) is 22.7 Å². The first-order valence-electron chi connectivity index (χ1n) is 8.14. The highest BCUT2D eigenvalue weighted by Crippen LogP contribution is 2.14. The molecule has 0 aliphatic heterocycles. The van der Waals surface area contributed by atoms with Crippen molar-refractivity contribution in [2.24, 2.45) is 0 Å². The quantitative estimate of drug-likeness (QED) is 0.636. The van der Waals surface area contributed by atoms with Gasteiger partial charge >= 0.3 is 23.9 Å². The summed E-state index contributed by atoms with van der Waals surface area (Å²) in [4.78, 5) is 47.4. The van der Waals surface area contributed by atoms with Crippen molar-refractivity contribution in [1.29, 1.82) is 10.5 Å². The van der Waals surface area contributed by atoms with Gasteiger partial charge in [0, 0.05) is 0 Å². The van der Waals surface area contributed by atoms with E-state index >= 15 is 0 Å². The number of nitriles is 2. The van der Waals surface area contributed by atoms with Crippen LogP contribution in [0.25, 0.3) is 0 Å². The Hall–Kier alpha value is -4.70. The van der Waals surface area contributed by atoms with Gasteiger partial charge in [0.2, 0.25) is 12.2 Å². The lowest BCUT2D eigenvalue weighted by molar-refractivity contribution is -0.166. The van der Waals surface area contributed by atoms with Gasteiger partial charge < -0.3 is 19.7 Å². The van der Waals surface area contributed by atoms with Gasteiger partial charge in [-0.15, -0.1) is 0 Å². The maximum absolute atomic E-state index is 12.2. The van der Waals surface area contributed by atoms with Crippen molar-refractivity contribution < 1.29 is 38.9 Å². The highest BCUT2D eigenvalue weighted by molar-refractivity contribution is 5.95. The summed E-state index contributed by atoms with van der Waals surface area (Å²) >= 11 is 0. The first kappa shape index (κ1) is 21.6. The molecule has 2 aromatic rings. The normalized spacial score (nSPS) is 11.8. The fraction of sp³-hybridized carbons (Fsp3) is 0.100. The van der Waals surface area contributed by atoms with E-state index in [2.05, 4.69) is 0 Å². The number of aliphatic carboxylic acids is 2. The standard InChI is InChI=1S/C20H12N2O8/c21-9-11-1-5-13(6-2-11)19(27)29-15(17(23)24)16(18(25)26)30-20(28)14-7-3-12(10-22)4-8-14/h1-8,15-16H,(H,23,24)(H,25,26)/t15-,16-/m1/s1. The molecule has 2 aromatic carbocycles. The lowest BCUT2D eigenvalue weighted by atomic mass is 10.1. The third kappa shape index (κ3) is 5.18. The fourth-order valence-electron chi connectivity index (χ4n) is 2.21. The summed E-state index contributed by atoms with van der Waals surface area (Å²) in [6, 6.07) is 13.6. The van der Waals surface area contributed by atoms with E-state index in [9.17, 15) is 29.4 Å². The molecule has 10 heteroatoms. The van der Waals surface area contributed by atoms with Crippen LogP contribution >= 0.6 is 0 Å². The summed E-state index contributed by atoms with van der Waals surface area (Å²) in [7, 11) is 0. The van der Waals surface area contributed by atoms with Crippen LogP contribution in [0.1, 0.15) is 31.8 Å². The Morgan fingerprint density at radius 3 is 1.20 bits per heavy atom. The largest absolute Gasteiger partial charge is 0.478 e. The lowest BCUT2D eigenvalue weighted by Gasteiger charge is -2.21. The topological polar surface area (TPSA) is 175 Å². The van der Waals surface area contributed by atoms with Crippen LogP contribution in [0.15, 0.2) is 48.5 Å². The van der Waals surface area contributed by atoms with Gasteiger partial charge in [-0.3, -0.25) is 0 Å². The molecule has 0 unspecified atom stereocenters. The summed E-state index contributed by atoms with van der Waals surface area (Å²) in [6.45, 7) is 0. The number of ether oxygens (including phenoxy) is 2. The van der Waals surface area contributed by atoms with Crippen molar-refractivity contribution in [3.63, 3.8) is 0 Å². The van der Waals surface area contributed by atoms with Crippen molar-refractivity contribution in [1.82, 2.24) is 0 Å². The minimum Gasteiger partial charge on any atom is -0.478 e. The number of esters is 2. The summed E-state index contributed by atoms with van der Waals surface area (Å²) in [5, 5.41) is 36.1. The van der Waals surface area contributed by atoms with E-state index < -0.39 is 36.1 Å². The zero-order chi connectivity index (χ0) is 22.3. The molecule has 0 heterocycles. The number of carbonyl (C=O) groups is 4. The van der Waals surface area contributed by atoms with Gasteiger partial charge in [-0.1, -0.05) is 0 Å². The maximum atomic E-state index is 12.2. The third-order valence-corrected chi connectivity index (χ3v) is 3.73. The average molecular weight is 408 g/mol. The van der Waals surface area contributed by atoms with Crippen LogP contribution in [0.4, 0.5) is 0 Å². The minimum absolute atomic E-state index is 0.136. The van der Waals surface area contributed by atoms with Gasteiger partial charge in [0.15, 0.2) is 0 Å². The molecule has 2 atom stereocenters. The summed E-state index contributed by atoms with van der Waals surface area (Å²) in [5.74, 6) is -6.07. The number of carboxylic acid groups (broad SMARTS) is 2. The number of hydrogen-bond acceptors (Lipinski definition) is 8. The number of benzene rings is 2. The van der Waals surface area contributed by atoms with Crippen molar-refractivity contribution in [2.45, 2.75) is 12.2 Å². The van der Waals surface area contributed by atoms with E-state index in [1.807, 2.05) is 12.1 Å². The molecule has 0 radical (unpaired) electrons. The predicted molar refractivity (Wildman–Crippen MR) is 96.0 cm³/mol. The van der Waals surface area contributed by atoms with Crippen molar-refractivity contribution in [2.75, 3.05) is 0 Å². The molecule has 2 rings (SSSR count). The second-order valence-electron chi connectivity index (χ2n) is 5.71. The molecule has 0 fully saturated rings. The molecule has 10 nitrogen and oxygen atoms in total. The van der Waals surface area contributed by atoms with Crippen LogP contribution in [-0.4, -0.2) is 46.3 Å². The van der Waals surface area contributed by atoms with Crippen LogP contribution in [-0.2, 0) is 19.1 Å². The zero-order valence-electron chi connectivity index (χ0n) is 15.0. The molecule has 0 aliphatic carbocycles. The van der Waals surface area contributed by atoms with E-state index in [0.717, 1.165) is 0 Å². The smallest absolute Gasteiger partial charge is 0.349 e. The van der Waals surface area contributed by atoms with Gasteiger partial charge in [-0.05, 0) is 48.5 Å². The highest BCUT2D eigenvalue weighted by atomic mass is 16.6. The minimum atomic E-state index is -2.34. The van der Waals surface area contributed by atoms with Gasteiger partial charge in [0.1, 0.15) is 0 Å².